The van der Waals surface area contributed by atoms with Gasteiger partial charge >= 0.3 is 0 Å². The molecule has 0 atom stereocenters. The number of thiocarbonyl (C=S) groups is 1. The molecule has 1 aromatic carbocycles. The fraction of sp³-hybridized carbons (Fsp3) is 0.0909. The number of carbonyl (C=O) groups excluding carboxylic acids is 1. The summed E-state index contributed by atoms with van der Waals surface area (Å²) in [7, 11) is 0. The molecule has 0 spiro atoms. The van der Waals surface area contributed by atoms with E-state index in [0.29, 0.717) is 9.23 Å². The van der Waals surface area contributed by atoms with Crippen molar-refractivity contribution in [3.63, 3.8) is 0 Å². The summed E-state index contributed by atoms with van der Waals surface area (Å²) in [6.07, 6.45) is 1.77. The van der Waals surface area contributed by atoms with Crippen molar-refractivity contribution >= 4 is 40.3 Å². The standard InChI is InChI=1S/C11H9NO2S2/c13-7-12-10(14)9(16-11(12)15)6-8-4-2-1-3-5-8/h1-6,13H,7H2. The minimum Gasteiger partial charge on any atom is -0.376 e. The second-order valence-corrected chi connectivity index (χ2v) is 4.84. The normalized spacial score (nSPS) is 18.6. The quantitative estimate of drug-likeness (QED) is 0.643. The third-order valence-electron chi connectivity index (χ3n) is 2.11. The van der Waals surface area contributed by atoms with E-state index in [0.717, 1.165) is 5.56 Å². The average Bonchev–Trinajstić information content (AvgIpc) is 2.55. The van der Waals surface area contributed by atoms with E-state index in [-0.39, 0.29) is 12.6 Å². The Morgan fingerprint density at radius 2 is 2.06 bits per heavy atom. The van der Waals surface area contributed by atoms with E-state index < -0.39 is 0 Å². The van der Waals surface area contributed by atoms with Crippen molar-refractivity contribution < 1.29 is 9.90 Å². The van der Waals surface area contributed by atoms with Crippen molar-refractivity contribution in [2.45, 2.75) is 0 Å². The number of thioether (sulfide) groups is 1. The van der Waals surface area contributed by atoms with Crippen LogP contribution in [0.1, 0.15) is 5.56 Å². The molecule has 1 amide bonds. The number of hydrogen-bond donors (Lipinski definition) is 1. The van der Waals surface area contributed by atoms with Gasteiger partial charge in [-0.25, -0.2) is 0 Å². The number of benzene rings is 1. The molecule has 1 aliphatic heterocycles. The van der Waals surface area contributed by atoms with Gasteiger partial charge in [-0.05, 0) is 11.6 Å². The Kier molecular flexibility index (Phi) is 3.38. The topological polar surface area (TPSA) is 40.5 Å². The molecule has 2 rings (SSSR count). The van der Waals surface area contributed by atoms with Gasteiger partial charge in [-0.2, -0.15) is 0 Å². The van der Waals surface area contributed by atoms with E-state index in [4.69, 9.17) is 17.3 Å². The van der Waals surface area contributed by atoms with Crippen LogP contribution < -0.4 is 0 Å². The van der Waals surface area contributed by atoms with Crippen molar-refractivity contribution in [1.29, 1.82) is 0 Å². The van der Waals surface area contributed by atoms with E-state index >= 15 is 0 Å². The molecular formula is C11H9NO2S2. The molecule has 1 saturated heterocycles. The first-order valence-corrected chi connectivity index (χ1v) is 5.86. The lowest BCUT2D eigenvalue weighted by molar-refractivity contribution is -0.124. The summed E-state index contributed by atoms with van der Waals surface area (Å²) >= 11 is 6.19. The molecule has 0 aromatic heterocycles. The minimum atomic E-state index is -0.364. The number of aliphatic hydroxyl groups excluding tert-OH is 1. The second kappa shape index (κ2) is 4.78. The van der Waals surface area contributed by atoms with Crippen LogP contribution >= 0.6 is 24.0 Å². The minimum absolute atomic E-state index is 0.235. The monoisotopic (exact) mass is 251 g/mol. The smallest absolute Gasteiger partial charge is 0.268 e. The van der Waals surface area contributed by atoms with Crippen LogP contribution in [0.15, 0.2) is 35.2 Å². The zero-order chi connectivity index (χ0) is 11.5. The van der Waals surface area contributed by atoms with Crippen molar-refractivity contribution in [3.05, 3.63) is 40.8 Å². The van der Waals surface area contributed by atoms with Gasteiger partial charge in [0.2, 0.25) is 0 Å². The fourth-order valence-electron chi connectivity index (χ4n) is 1.32. The molecule has 1 aromatic rings. The summed E-state index contributed by atoms with van der Waals surface area (Å²) < 4.78 is 0.398. The third kappa shape index (κ3) is 2.16. The van der Waals surface area contributed by atoms with Gasteiger partial charge in [0.15, 0.2) is 0 Å². The molecular weight excluding hydrogens is 242 g/mol. The van der Waals surface area contributed by atoms with Crippen LogP contribution in [0, 0.1) is 0 Å². The lowest BCUT2D eigenvalue weighted by Gasteiger charge is -2.08. The lowest BCUT2D eigenvalue weighted by Crippen LogP contribution is -2.28. The highest BCUT2D eigenvalue weighted by molar-refractivity contribution is 8.26. The zero-order valence-electron chi connectivity index (χ0n) is 8.29. The SMILES string of the molecule is O=C1C(=Cc2ccccc2)SC(=S)N1CO. The second-order valence-electron chi connectivity index (χ2n) is 3.16. The molecule has 1 heterocycles. The fourth-order valence-corrected chi connectivity index (χ4v) is 2.56. The molecule has 0 aliphatic carbocycles. The van der Waals surface area contributed by atoms with Crippen LogP contribution in [-0.2, 0) is 4.79 Å². The Balaban J connectivity index is 2.27. The first-order chi connectivity index (χ1) is 7.72. The highest BCUT2D eigenvalue weighted by Crippen LogP contribution is 2.31. The molecule has 0 bridgehead atoms. The third-order valence-corrected chi connectivity index (χ3v) is 3.49. The van der Waals surface area contributed by atoms with E-state index in [1.54, 1.807) is 6.08 Å². The lowest BCUT2D eigenvalue weighted by atomic mass is 10.2. The maximum Gasteiger partial charge on any atom is 0.268 e. The Labute approximate surface area is 103 Å². The van der Waals surface area contributed by atoms with Gasteiger partial charge in [-0.1, -0.05) is 54.3 Å². The summed E-state index contributed by atoms with van der Waals surface area (Å²) in [6.45, 7) is -0.364. The number of amides is 1. The largest absolute Gasteiger partial charge is 0.376 e. The summed E-state index contributed by atoms with van der Waals surface area (Å²) in [4.78, 5) is 13.5. The molecule has 82 valence electrons. The molecule has 1 aliphatic rings. The van der Waals surface area contributed by atoms with Crippen LogP contribution in [0.4, 0.5) is 0 Å². The first-order valence-electron chi connectivity index (χ1n) is 4.63. The van der Waals surface area contributed by atoms with Gasteiger partial charge in [0.25, 0.3) is 5.91 Å². The van der Waals surface area contributed by atoms with Gasteiger partial charge in [-0.15, -0.1) is 0 Å². The van der Waals surface area contributed by atoms with Gasteiger partial charge < -0.3 is 5.11 Å². The average molecular weight is 251 g/mol. The van der Waals surface area contributed by atoms with Crippen LogP contribution in [0.3, 0.4) is 0 Å². The van der Waals surface area contributed by atoms with Gasteiger partial charge in [0.1, 0.15) is 11.1 Å². The number of nitrogens with zero attached hydrogens (tertiary/aromatic N) is 1. The summed E-state index contributed by atoms with van der Waals surface area (Å²) in [6, 6.07) is 9.53. The molecule has 1 fully saturated rings. The van der Waals surface area contributed by atoms with Crippen molar-refractivity contribution in [1.82, 2.24) is 4.90 Å². The molecule has 3 nitrogen and oxygen atoms in total. The van der Waals surface area contributed by atoms with Gasteiger partial charge in [0.05, 0.1) is 4.91 Å². The van der Waals surface area contributed by atoms with Crippen molar-refractivity contribution in [2.75, 3.05) is 6.73 Å². The van der Waals surface area contributed by atoms with Gasteiger partial charge in [-0.3, -0.25) is 9.69 Å². The number of carbonyl (C=O) groups is 1. The van der Waals surface area contributed by atoms with E-state index in [2.05, 4.69) is 0 Å². The molecule has 1 N–H and O–H groups in total. The first kappa shape index (κ1) is 11.3. The molecule has 0 unspecified atom stereocenters. The molecule has 0 radical (unpaired) electrons. The molecule has 5 heteroatoms. The highest BCUT2D eigenvalue weighted by atomic mass is 32.2. The molecule has 16 heavy (non-hydrogen) atoms. The number of rotatable bonds is 2. The molecule has 0 saturated carbocycles. The summed E-state index contributed by atoms with van der Waals surface area (Å²) in [5.41, 5.74) is 0.945. The van der Waals surface area contributed by atoms with Crippen molar-refractivity contribution in [3.8, 4) is 0 Å². The zero-order valence-corrected chi connectivity index (χ0v) is 9.92. The maximum absolute atomic E-state index is 11.7. The van der Waals surface area contributed by atoms with E-state index in [1.165, 1.54) is 16.7 Å². The highest BCUT2D eigenvalue weighted by Gasteiger charge is 2.31. The van der Waals surface area contributed by atoms with Crippen LogP contribution in [-0.4, -0.2) is 27.0 Å². The van der Waals surface area contributed by atoms with E-state index in [1.807, 2.05) is 30.3 Å². The predicted octanol–water partition coefficient (Wildman–Crippen LogP) is 1.84. The van der Waals surface area contributed by atoms with Crippen molar-refractivity contribution in [2.24, 2.45) is 0 Å². The Bertz CT molecular complexity index is 456. The number of hydrogen-bond acceptors (Lipinski definition) is 4. The van der Waals surface area contributed by atoms with E-state index in [9.17, 15) is 4.79 Å². The van der Waals surface area contributed by atoms with Crippen LogP contribution in [0.2, 0.25) is 0 Å². The Morgan fingerprint density at radius 3 is 2.62 bits per heavy atom. The van der Waals surface area contributed by atoms with Gasteiger partial charge in [0, 0.05) is 0 Å². The number of aliphatic hydroxyl groups is 1. The summed E-state index contributed by atoms with van der Waals surface area (Å²) in [5, 5.41) is 8.97. The van der Waals surface area contributed by atoms with Crippen LogP contribution in [0.25, 0.3) is 6.08 Å². The summed E-state index contributed by atoms with van der Waals surface area (Å²) in [5.74, 6) is -0.235. The Morgan fingerprint density at radius 1 is 1.38 bits per heavy atom. The predicted molar refractivity (Wildman–Crippen MR) is 68.5 cm³/mol. The Hall–Kier alpha value is -1.17. The van der Waals surface area contributed by atoms with Crippen LogP contribution in [0.5, 0.6) is 0 Å². The maximum atomic E-state index is 11.7.